The first kappa shape index (κ1) is 18.2. The quantitative estimate of drug-likeness (QED) is 0.654. The monoisotopic (exact) mass is 406 g/mol. The lowest BCUT2D eigenvalue weighted by molar-refractivity contribution is 0.0629. The lowest BCUT2D eigenvalue weighted by atomic mass is 10.1. The summed E-state index contributed by atoms with van der Waals surface area (Å²) in [6, 6.07) is 20.3. The van der Waals surface area contributed by atoms with Gasteiger partial charge in [0.2, 0.25) is 6.79 Å². The highest BCUT2D eigenvalue weighted by molar-refractivity contribution is 7.15. The number of carbonyl (C=O) groups excluding carboxylic acids is 1. The lowest BCUT2D eigenvalue weighted by Gasteiger charge is -2.34. The van der Waals surface area contributed by atoms with Crippen LogP contribution in [-0.2, 0) is 6.54 Å². The van der Waals surface area contributed by atoms with Gasteiger partial charge in [-0.05, 0) is 35.9 Å². The first-order valence-corrected chi connectivity index (χ1v) is 10.6. The number of hydrogen-bond acceptors (Lipinski definition) is 5. The van der Waals surface area contributed by atoms with Crippen molar-refractivity contribution < 1.29 is 14.3 Å². The van der Waals surface area contributed by atoms with Gasteiger partial charge < -0.3 is 14.4 Å². The molecular formula is C23H22N2O3S. The minimum absolute atomic E-state index is 0.0606. The maximum Gasteiger partial charge on any atom is 0.254 e. The van der Waals surface area contributed by atoms with E-state index in [1.807, 2.05) is 34.4 Å². The Morgan fingerprint density at radius 2 is 1.69 bits per heavy atom. The molecule has 2 aromatic carbocycles. The smallest absolute Gasteiger partial charge is 0.254 e. The number of fused-ring (bicyclic) bond motifs is 1. The molecule has 1 amide bonds. The minimum atomic E-state index is 0.0606. The standard InChI is InChI=1S/C23H22N2O3S/c26-23(18-6-8-20-21(14-18)28-16-27-20)25-12-10-24(11-13-25)15-19-7-9-22(29-19)17-4-2-1-3-5-17/h1-9,14H,10-13,15-16H2. The van der Waals surface area contributed by atoms with Crippen molar-refractivity contribution in [1.29, 1.82) is 0 Å². The van der Waals surface area contributed by atoms with E-state index in [4.69, 9.17) is 9.47 Å². The Hall–Kier alpha value is -2.83. The van der Waals surface area contributed by atoms with E-state index in [9.17, 15) is 4.79 Å². The van der Waals surface area contributed by atoms with Crippen molar-refractivity contribution in [2.24, 2.45) is 0 Å². The van der Waals surface area contributed by atoms with E-state index in [2.05, 4.69) is 41.3 Å². The minimum Gasteiger partial charge on any atom is -0.454 e. The maximum absolute atomic E-state index is 12.8. The Kier molecular flexibility index (Phi) is 4.96. The third-order valence-corrected chi connectivity index (χ3v) is 6.50. The van der Waals surface area contributed by atoms with Crippen LogP contribution in [0.1, 0.15) is 15.2 Å². The number of thiophene rings is 1. The first-order chi connectivity index (χ1) is 14.3. The van der Waals surface area contributed by atoms with Crippen molar-refractivity contribution in [3.8, 4) is 21.9 Å². The highest BCUT2D eigenvalue weighted by Gasteiger charge is 2.24. The molecule has 1 saturated heterocycles. The van der Waals surface area contributed by atoms with Crippen LogP contribution in [0.2, 0.25) is 0 Å². The van der Waals surface area contributed by atoms with Crippen LogP contribution in [0.5, 0.6) is 11.5 Å². The Bertz CT molecular complexity index is 1010. The fraction of sp³-hybridized carbons (Fsp3) is 0.261. The fourth-order valence-electron chi connectivity index (χ4n) is 3.76. The third-order valence-electron chi connectivity index (χ3n) is 5.38. The molecule has 5 rings (SSSR count). The van der Waals surface area contributed by atoms with Gasteiger partial charge in [-0.25, -0.2) is 0 Å². The molecule has 2 aliphatic heterocycles. The number of carbonyl (C=O) groups is 1. The highest BCUT2D eigenvalue weighted by atomic mass is 32.1. The second-order valence-corrected chi connectivity index (χ2v) is 8.44. The predicted molar refractivity (Wildman–Crippen MR) is 114 cm³/mol. The van der Waals surface area contributed by atoms with Gasteiger partial charge in [-0.15, -0.1) is 11.3 Å². The molecule has 0 N–H and O–H groups in total. The van der Waals surface area contributed by atoms with Gasteiger partial charge in [0, 0.05) is 48.0 Å². The van der Waals surface area contributed by atoms with Gasteiger partial charge in [-0.3, -0.25) is 9.69 Å². The number of rotatable bonds is 4. The summed E-state index contributed by atoms with van der Waals surface area (Å²) in [5, 5.41) is 0. The molecule has 0 radical (unpaired) electrons. The van der Waals surface area contributed by atoms with Crippen molar-refractivity contribution in [1.82, 2.24) is 9.80 Å². The Balaban J connectivity index is 1.18. The van der Waals surface area contributed by atoms with Gasteiger partial charge >= 0.3 is 0 Å². The summed E-state index contributed by atoms with van der Waals surface area (Å²) in [5.41, 5.74) is 1.93. The average molecular weight is 407 g/mol. The van der Waals surface area contributed by atoms with Crippen LogP contribution in [0.15, 0.2) is 60.7 Å². The Morgan fingerprint density at radius 1 is 0.897 bits per heavy atom. The molecule has 5 nitrogen and oxygen atoms in total. The summed E-state index contributed by atoms with van der Waals surface area (Å²) in [5.74, 6) is 1.42. The number of ether oxygens (including phenoxy) is 2. The second-order valence-electron chi connectivity index (χ2n) is 7.27. The van der Waals surface area contributed by atoms with E-state index in [1.54, 1.807) is 6.07 Å². The van der Waals surface area contributed by atoms with Gasteiger partial charge in [-0.2, -0.15) is 0 Å². The molecule has 3 heterocycles. The molecule has 0 atom stereocenters. The van der Waals surface area contributed by atoms with Gasteiger partial charge in [-0.1, -0.05) is 30.3 Å². The van der Waals surface area contributed by atoms with Crippen molar-refractivity contribution in [2.45, 2.75) is 6.54 Å². The Morgan fingerprint density at radius 3 is 2.52 bits per heavy atom. The van der Waals surface area contributed by atoms with Crippen molar-refractivity contribution >= 4 is 17.2 Å². The molecule has 3 aromatic rings. The molecule has 0 bridgehead atoms. The maximum atomic E-state index is 12.8. The topological polar surface area (TPSA) is 42.0 Å². The summed E-state index contributed by atoms with van der Waals surface area (Å²) < 4.78 is 10.7. The largest absolute Gasteiger partial charge is 0.454 e. The summed E-state index contributed by atoms with van der Waals surface area (Å²) in [6.07, 6.45) is 0. The molecule has 148 valence electrons. The number of nitrogens with zero attached hydrogens (tertiary/aromatic N) is 2. The van der Waals surface area contributed by atoms with Crippen LogP contribution >= 0.6 is 11.3 Å². The van der Waals surface area contributed by atoms with Crippen molar-refractivity contribution in [2.75, 3.05) is 33.0 Å². The summed E-state index contributed by atoms with van der Waals surface area (Å²) in [6.45, 7) is 4.40. The van der Waals surface area contributed by atoms with Gasteiger partial charge in [0.05, 0.1) is 0 Å². The van der Waals surface area contributed by atoms with E-state index >= 15 is 0 Å². The molecule has 0 spiro atoms. The molecule has 6 heteroatoms. The average Bonchev–Trinajstić information content (AvgIpc) is 3.43. The van der Waals surface area contributed by atoms with E-state index < -0.39 is 0 Å². The van der Waals surface area contributed by atoms with Gasteiger partial charge in [0.25, 0.3) is 5.91 Å². The molecule has 0 unspecified atom stereocenters. The van der Waals surface area contributed by atoms with Crippen LogP contribution in [0.4, 0.5) is 0 Å². The summed E-state index contributed by atoms with van der Waals surface area (Å²) in [7, 11) is 0. The van der Waals surface area contributed by atoms with E-state index in [1.165, 1.54) is 15.3 Å². The third kappa shape index (κ3) is 3.86. The van der Waals surface area contributed by atoms with Crippen LogP contribution in [0.3, 0.4) is 0 Å². The van der Waals surface area contributed by atoms with E-state index in [0.29, 0.717) is 17.1 Å². The number of amides is 1. The van der Waals surface area contributed by atoms with Gasteiger partial charge in [0.15, 0.2) is 11.5 Å². The summed E-state index contributed by atoms with van der Waals surface area (Å²) in [4.78, 5) is 19.9. The molecule has 1 aromatic heterocycles. The zero-order chi connectivity index (χ0) is 19.6. The fourth-order valence-corrected chi connectivity index (χ4v) is 4.82. The molecular weight excluding hydrogens is 384 g/mol. The van der Waals surface area contributed by atoms with Crippen LogP contribution in [0, 0.1) is 0 Å². The number of piperazine rings is 1. The van der Waals surface area contributed by atoms with Crippen molar-refractivity contribution in [3.05, 3.63) is 71.1 Å². The zero-order valence-electron chi connectivity index (χ0n) is 16.0. The first-order valence-electron chi connectivity index (χ1n) is 9.82. The van der Waals surface area contributed by atoms with E-state index in [-0.39, 0.29) is 12.7 Å². The molecule has 0 aliphatic carbocycles. The molecule has 1 fully saturated rings. The lowest BCUT2D eigenvalue weighted by Crippen LogP contribution is -2.48. The molecule has 0 saturated carbocycles. The van der Waals surface area contributed by atoms with Crippen LogP contribution in [-0.4, -0.2) is 48.7 Å². The second kappa shape index (κ2) is 7.89. The highest BCUT2D eigenvalue weighted by Crippen LogP contribution is 2.33. The normalized spacial score (nSPS) is 16.2. The van der Waals surface area contributed by atoms with Crippen LogP contribution < -0.4 is 9.47 Å². The Labute approximate surface area is 174 Å². The summed E-state index contributed by atoms with van der Waals surface area (Å²) >= 11 is 1.85. The number of benzene rings is 2. The number of hydrogen-bond donors (Lipinski definition) is 0. The molecule has 29 heavy (non-hydrogen) atoms. The van der Waals surface area contributed by atoms with Crippen molar-refractivity contribution in [3.63, 3.8) is 0 Å². The predicted octanol–water partition coefficient (Wildman–Crippen LogP) is 4.10. The SMILES string of the molecule is O=C(c1ccc2c(c1)OCO2)N1CCN(Cc2ccc(-c3ccccc3)s2)CC1. The zero-order valence-corrected chi connectivity index (χ0v) is 16.9. The van der Waals surface area contributed by atoms with Gasteiger partial charge in [0.1, 0.15) is 0 Å². The van der Waals surface area contributed by atoms with Crippen LogP contribution in [0.25, 0.3) is 10.4 Å². The van der Waals surface area contributed by atoms with E-state index in [0.717, 1.165) is 32.7 Å². The molecule has 2 aliphatic rings.